The Balaban J connectivity index is 1.21. The quantitative estimate of drug-likeness (QED) is 0.0446. The number of carbonyl (C=O) groups excluding carboxylic acids is 1. The second kappa shape index (κ2) is 18.1. The molecule has 0 fully saturated rings. The summed E-state index contributed by atoms with van der Waals surface area (Å²) in [5.74, 6) is 0.477. The Morgan fingerprint density at radius 2 is 1.70 bits per heavy atom. The number of phenols is 1. The number of aromatic amines is 1. The van der Waals surface area contributed by atoms with Crippen LogP contribution in [0.1, 0.15) is 50.0 Å². The van der Waals surface area contributed by atoms with Gasteiger partial charge >= 0.3 is 12.2 Å². The highest BCUT2D eigenvalue weighted by atomic mass is 35.5. The number of hydrogen-bond acceptors (Lipinski definition) is 8. The van der Waals surface area contributed by atoms with E-state index in [4.69, 9.17) is 25.5 Å². The number of fused-ring (bicyclic) bond motifs is 1. The summed E-state index contributed by atoms with van der Waals surface area (Å²) in [5.41, 5.74) is 4.97. The monoisotopic (exact) mass is 800 g/mol. The largest absolute Gasteiger partial charge is 0.506 e. The molecule has 0 aliphatic rings. The number of anilines is 2. The van der Waals surface area contributed by atoms with Gasteiger partial charge in [-0.25, -0.2) is 9.59 Å². The highest BCUT2D eigenvalue weighted by Crippen LogP contribution is 2.41. The van der Waals surface area contributed by atoms with Crippen molar-refractivity contribution in [3.8, 4) is 22.6 Å². The third-order valence-corrected chi connectivity index (χ3v) is 14.8. The van der Waals surface area contributed by atoms with Crippen LogP contribution in [0.2, 0.25) is 23.2 Å². The minimum Gasteiger partial charge on any atom is -0.506 e. The summed E-state index contributed by atoms with van der Waals surface area (Å²) in [6, 6.07) is 25.0. The average molecular weight is 801 g/mol. The van der Waals surface area contributed by atoms with Crippen LogP contribution in [0.5, 0.6) is 11.5 Å². The van der Waals surface area contributed by atoms with Crippen LogP contribution < -0.4 is 26.2 Å². The number of ether oxygens (including phenoxy) is 2. The number of hydrogen-bond donors (Lipinski definition) is 6. The fraction of sp³-hybridized carbons (Fsp3) is 0.310. The number of halogens is 1. The molecule has 1 unspecified atom stereocenters. The van der Waals surface area contributed by atoms with E-state index in [0.29, 0.717) is 59.0 Å². The summed E-state index contributed by atoms with van der Waals surface area (Å²) in [5, 5.41) is 29.5. The molecular weight excluding hydrogens is 752 g/mol. The molecule has 296 valence electrons. The second-order valence-electron chi connectivity index (χ2n) is 15.0. The summed E-state index contributed by atoms with van der Waals surface area (Å²) in [7, 11) is -0.755. The number of H-pyrrole nitrogens is 1. The molecule has 5 rings (SSSR count). The van der Waals surface area contributed by atoms with E-state index in [1.54, 1.807) is 30.3 Å². The molecule has 2 amide bonds. The van der Waals surface area contributed by atoms with Gasteiger partial charge in [-0.05, 0) is 71.9 Å². The first-order chi connectivity index (χ1) is 26.6. The third kappa shape index (κ3) is 10.5. The molecule has 5 aromatic rings. The highest BCUT2D eigenvalue weighted by molar-refractivity contribution is 6.74. The van der Waals surface area contributed by atoms with E-state index in [1.807, 2.05) is 48.5 Å². The number of carboxylic acid groups (broad SMARTS) is 1. The van der Waals surface area contributed by atoms with Gasteiger partial charge in [0.15, 0.2) is 8.32 Å². The number of rotatable bonds is 15. The lowest BCUT2D eigenvalue weighted by molar-refractivity contribution is 0.160. The Morgan fingerprint density at radius 1 is 0.946 bits per heavy atom. The van der Waals surface area contributed by atoms with Crippen molar-refractivity contribution in [1.29, 1.82) is 0 Å². The molecule has 0 radical (unpaired) electrons. The van der Waals surface area contributed by atoms with Crippen LogP contribution in [-0.2, 0) is 22.1 Å². The molecule has 56 heavy (non-hydrogen) atoms. The minimum absolute atomic E-state index is 0.0201. The van der Waals surface area contributed by atoms with Gasteiger partial charge in [0, 0.05) is 41.7 Å². The lowest BCUT2D eigenvalue weighted by Gasteiger charge is -2.39. The fourth-order valence-corrected chi connectivity index (χ4v) is 7.57. The highest BCUT2D eigenvalue weighted by Gasteiger charge is 2.39. The number of aromatic hydroxyl groups is 1. The molecular formula is C42H49ClN4O8Si. The van der Waals surface area contributed by atoms with Crippen molar-refractivity contribution in [2.45, 2.75) is 64.4 Å². The van der Waals surface area contributed by atoms with Crippen molar-refractivity contribution in [1.82, 2.24) is 10.3 Å². The molecule has 0 bridgehead atoms. The van der Waals surface area contributed by atoms with Crippen molar-refractivity contribution in [3.05, 3.63) is 117 Å². The number of aromatic nitrogens is 1. The van der Waals surface area contributed by atoms with Crippen molar-refractivity contribution in [2.75, 3.05) is 30.9 Å². The summed E-state index contributed by atoms with van der Waals surface area (Å²) in [4.78, 5) is 39.1. The first kappa shape index (κ1) is 41.8. The Bertz CT molecular complexity index is 2240. The van der Waals surface area contributed by atoms with Gasteiger partial charge < -0.3 is 34.4 Å². The predicted octanol–water partition coefficient (Wildman–Crippen LogP) is 9.69. The Kier molecular flexibility index (Phi) is 13.5. The molecule has 6 N–H and O–H groups in total. The van der Waals surface area contributed by atoms with Gasteiger partial charge in [0.25, 0.3) is 0 Å². The van der Waals surface area contributed by atoms with E-state index in [-0.39, 0.29) is 23.0 Å². The molecule has 1 heterocycles. The fourth-order valence-electron chi connectivity index (χ4n) is 6.07. The summed E-state index contributed by atoms with van der Waals surface area (Å²) in [6.07, 6.45) is -1.19. The number of methoxy groups -OCH3 is 1. The Labute approximate surface area is 332 Å². The van der Waals surface area contributed by atoms with Crippen LogP contribution in [0, 0.1) is 0 Å². The first-order valence-electron chi connectivity index (χ1n) is 18.3. The number of phenolic OH excluding ortho intramolecular Hbond substituents is 1. The van der Waals surface area contributed by atoms with Gasteiger partial charge in [-0.15, -0.1) is 0 Å². The maximum Gasteiger partial charge on any atom is 0.411 e. The lowest BCUT2D eigenvalue weighted by atomic mass is 10.00. The molecule has 0 saturated heterocycles. The van der Waals surface area contributed by atoms with Crippen molar-refractivity contribution < 1.29 is 33.7 Å². The standard InChI is InChI=1S/C42H49ClN4O8Si/c1-42(2,3)56(5,6)55-37(30-16-18-35(48)39-31(30)17-19-38(49)47-39)25-44-24-28-22-32(43)34(23-36(28)53-4)46-41(52)54-20-10-11-26-14-15-29(27-12-8-7-9-13-27)33(21-26)45-40(50)51/h7-9,12-19,21-23,37,44-45,48H,10-11,20,24-25H2,1-6H3,(H,46,52)(H,47,49)(H,50,51). The lowest BCUT2D eigenvalue weighted by Crippen LogP contribution is -2.43. The zero-order chi connectivity index (χ0) is 40.6. The number of carbonyl (C=O) groups is 2. The maximum atomic E-state index is 12.8. The normalized spacial score (nSPS) is 12.3. The van der Waals surface area contributed by atoms with E-state index < -0.39 is 26.6 Å². The number of pyridine rings is 1. The van der Waals surface area contributed by atoms with Crippen LogP contribution in [-0.4, -0.2) is 56.0 Å². The molecule has 0 aliphatic carbocycles. The molecule has 1 atom stereocenters. The molecule has 12 nitrogen and oxygen atoms in total. The zero-order valence-electron chi connectivity index (χ0n) is 32.4. The average Bonchev–Trinajstić information content (AvgIpc) is 3.14. The van der Waals surface area contributed by atoms with E-state index in [9.17, 15) is 24.6 Å². The summed E-state index contributed by atoms with van der Waals surface area (Å²) < 4.78 is 18.0. The van der Waals surface area contributed by atoms with E-state index in [2.05, 4.69) is 54.8 Å². The number of aryl methyl sites for hydroxylation is 1. The minimum atomic E-state index is -2.29. The van der Waals surface area contributed by atoms with Gasteiger partial charge in [-0.1, -0.05) is 80.9 Å². The van der Waals surface area contributed by atoms with Gasteiger partial charge in [-0.2, -0.15) is 0 Å². The molecule has 0 spiro atoms. The van der Waals surface area contributed by atoms with E-state index in [1.165, 1.54) is 13.2 Å². The van der Waals surface area contributed by atoms with Crippen LogP contribution in [0.15, 0.2) is 89.7 Å². The maximum absolute atomic E-state index is 12.8. The molecule has 4 aromatic carbocycles. The number of benzene rings is 4. The van der Waals surface area contributed by atoms with Crippen LogP contribution in [0.25, 0.3) is 22.0 Å². The van der Waals surface area contributed by atoms with E-state index >= 15 is 0 Å². The summed E-state index contributed by atoms with van der Waals surface area (Å²) >= 11 is 6.65. The van der Waals surface area contributed by atoms with Crippen molar-refractivity contribution in [2.24, 2.45) is 0 Å². The summed E-state index contributed by atoms with van der Waals surface area (Å²) in [6.45, 7) is 11.7. The molecule has 14 heteroatoms. The Morgan fingerprint density at radius 3 is 2.39 bits per heavy atom. The smallest absolute Gasteiger partial charge is 0.411 e. The Hall–Kier alpha value is -5.34. The third-order valence-electron chi connectivity index (χ3n) is 10.0. The molecule has 0 aliphatic heterocycles. The van der Waals surface area contributed by atoms with Gasteiger partial charge in [-0.3, -0.25) is 15.4 Å². The number of amides is 2. The van der Waals surface area contributed by atoms with Crippen LogP contribution in [0.3, 0.4) is 0 Å². The zero-order valence-corrected chi connectivity index (χ0v) is 34.2. The first-order valence-corrected chi connectivity index (χ1v) is 21.6. The molecule has 1 aromatic heterocycles. The topological polar surface area (TPSA) is 171 Å². The van der Waals surface area contributed by atoms with E-state index in [0.717, 1.165) is 27.8 Å². The van der Waals surface area contributed by atoms with Crippen molar-refractivity contribution in [3.63, 3.8) is 0 Å². The number of nitrogens with one attached hydrogen (secondary N) is 4. The van der Waals surface area contributed by atoms with Crippen LogP contribution >= 0.6 is 11.6 Å². The SMILES string of the molecule is COc1cc(NC(=O)OCCCc2ccc(-c3ccccc3)c(NC(=O)O)c2)c(Cl)cc1CNCC(O[Si](C)(C)C(C)(C)C)c1ccc(O)c2[nH]c(=O)ccc12. The second-order valence-corrected chi connectivity index (χ2v) is 20.1. The van der Waals surface area contributed by atoms with Gasteiger partial charge in [0.1, 0.15) is 11.5 Å². The van der Waals surface area contributed by atoms with Gasteiger partial charge in [0.2, 0.25) is 5.56 Å². The van der Waals surface area contributed by atoms with Crippen molar-refractivity contribution >= 4 is 54.4 Å². The predicted molar refractivity (Wildman–Crippen MR) is 224 cm³/mol. The van der Waals surface area contributed by atoms with Crippen LogP contribution in [0.4, 0.5) is 21.0 Å². The van der Waals surface area contributed by atoms with Gasteiger partial charge in [0.05, 0.1) is 41.7 Å². The molecule has 0 saturated carbocycles.